The van der Waals surface area contributed by atoms with Crippen molar-refractivity contribution >= 4 is 12.0 Å². The van der Waals surface area contributed by atoms with Crippen molar-refractivity contribution in [1.29, 1.82) is 0 Å². The van der Waals surface area contributed by atoms with E-state index in [0.717, 1.165) is 16.9 Å². The van der Waals surface area contributed by atoms with Crippen LogP contribution in [-0.4, -0.2) is 19.7 Å². The van der Waals surface area contributed by atoms with E-state index in [1.165, 1.54) is 13.2 Å². The molecule has 0 saturated heterocycles. The number of esters is 1. The predicted octanol–water partition coefficient (Wildman–Crippen LogP) is 2.58. The molecule has 1 aromatic carbocycles. The maximum Gasteiger partial charge on any atom is 0.330 e. The van der Waals surface area contributed by atoms with Crippen LogP contribution in [0.4, 0.5) is 0 Å². The Hall–Kier alpha value is -1.77. The fourth-order valence-corrected chi connectivity index (χ4v) is 1.33. The molecule has 0 atom stereocenters. The minimum atomic E-state index is -0.355. The summed E-state index contributed by atoms with van der Waals surface area (Å²) in [7, 11) is 1.36. The van der Waals surface area contributed by atoms with Crippen LogP contribution >= 0.6 is 0 Å². The molecule has 0 aromatic heterocycles. The zero-order valence-corrected chi connectivity index (χ0v) is 9.82. The third-order valence-electron chi connectivity index (χ3n) is 2.11. The summed E-state index contributed by atoms with van der Waals surface area (Å²) >= 11 is 0. The van der Waals surface area contributed by atoms with Crippen molar-refractivity contribution in [3.63, 3.8) is 0 Å². The number of methoxy groups -OCH3 is 1. The topological polar surface area (TPSA) is 35.5 Å². The lowest BCUT2D eigenvalue weighted by atomic mass is 10.1. The van der Waals surface area contributed by atoms with Crippen LogP contribution in [0.2, 0.25) is 0 Å². The SMILES string of the molecule is CCOc1ccc(/C=C/C(=O)OC)cc1C. The van der Waals surface area contributed by atoms with E-state index in [0.29, 0.717) is 6.61 Å². The third-order valence-corrected chi connectivity index (χ3v) is 2.11. The van der Waals surface area contributed by atoms with Crippen molar-refractivity contribution in [3.05, 3.63) is 35.4 Å². The second-order valence-corrected chi connectivity index (χ2v) is 3.31. The second kappa shape index (κ2) is 5.95. The van der Waals surface area contributed by atoms with Gasteiger partial charge in [-0.05, 0) is 43.2 Å². The van der Waals surface area contributed by atoms with Crippen LogP contribution in [0.3, 0.4) is 0 Å². The predicted molar refractivity (Wildman–Crippen MR) is 63.4 cm³/mol. The van der Waals surface area contributed by atoms with Crippen molar-refractivity contribution in [2.24, 2.45) is 0 Å². The summed E-state index contributed by atoms with van der Waals surface area (Å²) in [5, 5.41) is 0. The highest BCUT2D eigenvalue weighted by Gasteiger charge is 1.99. The summed E-state index contributed by atoms with van der Waals surface area (Å²) in [5.74, 6) is 0.518. The van der Waals surface area contributed by atoms with Crippen LogP contribution in [0, 0.1) is 6.92 Å². The average Bonchev–Trinajstić information content (AvgIpc) is 2.29. The van der Waals surface area contributed by atoms with Crippen LogP contribution in [0.1, 0.15) is 18.1 Å². The molecule has 3 heteroatoms. The lowest BCUT2D eigenvalue weighted by Gasteiger charge is -2.07. The number of carbonyl (C=O) groups excluding carboxylic acids is 1. The van der Waals surface area contributed by atoms with Gasteiger partial charge in [-0.15, -0.1) is 0 Å². The first-order valence-corrected chi connectivity index (χ1v) is 5.17. The average molecular weight is 220 g/mol. The number of ether oxygens (including phenoxy) is 2. The van der Waals surface area contributed by atoms with Crippen LogP contribution in [0.15, 0.2) is 24.3 Å². The largest absolute Gasteiger partial charge is 0.494 e. The Morgan fingerprint density at radius 2 is 2.19 bits per heavy atom. The fourth-order valence-electron chi connectivity index (χ4n) is 1.33. The number of rotatable bonds is 4. The Labute approximate surface area is 95.7 Å². The quantitative estimate of drug-likeness (QED) is 0.578. The second-order valence-electron chi connectivity index (χ2n) is 3.31. The van der Waals surface area contributed by atoms with Gasteiger partial charge in [-0.2, -0.15) is 0 Å². The van der Waals surface area contributed by atoms with Gasteiger partial charge in [0.2, 0.25) is 0 Å². The lowest BCUT2D eigenvalue weighted by Crippen LogP contribution is -1.95. The van der Waals surface area contributed by atoms with Gasteiger partial charge in [0.15, 0.2) is 0 Å². The Bertz CT molecular complexity index is 394. The maximum absolute atomic E-state index is 10.9. The molecular weight excluding hydrogens is 204 g/mol. The summed E-state index contributed by atoms with van der Waals surface area (Å²) in [6.45, 7) is 4.57. The molecule has 0 bridgehead atoms. The van der Waals surface area contributed by atoms with Crippen LogP contribution in [-0.2, 0) is 9.53 Å². The summed E-state index contributed by atoms with van der Waals surface area (Å²) < 4.78 is 9.94. The van der Waals surface area contributed by atoms with E-state index in [1.807, 2.05) is 32.0 Å². The molecule has 0 saturated carbocycles. The molecule has 16 heavy (non-hydrogen) atoms. The van der Waals surface area contributed by atoms with E-state index >= 15 is 0 Å². The molecule has 0 N–H and O–H groups in total. The van der Waals surface area contributed by atoms with Crippen molar-refractivity contribution in [1.82, 2.24) is 0 Å². The van der Waals surface area contributed by atoms with Gasteiger partial charge in [-0.3, -0.25) is 0 Å². The summed E-state index contributed by atoms with van der Waals surface area (Å²) in [6, 6.07) is 5.76. The third kappa shape index (κ3) is 3.42. The van der Waals surface area contributed by atoms with E-state index in [2.05, 4.69) is 4.74 Å². The van der Waals surface area contributed by atoms with Gasteiger partial charge in [0.05, 0.1) is 13.7 Å². The normalized spacial score (nSPS) is 10.4. The molecule has 0 amide bonds. The van der Waals surface area contributed by atoms with Crippen molar-refractivity contribution in [3.8, 4) is 5.75 Å². The van der Waals surface area contributed by atoms with Crippen molar-refractivity contribution in [2.45, 2.75) is 13.8 Å². The summed E-state index contributed by atoms with van der Waals surface area (Å²) in [6.07, 6.45) is 3.11. The van der Waals surface area contributed by atoms with Gasteiger partial charge in [0.1, 0.15) is 5.75 Å². The number of benzene rings is 1. The standard InChI is InChI=1S/C13H16O3/c1-4-16-12-7-5-11(9-10(12)2)6-8-13(14)15-3/h5-9H,4H2,1-3H3/b8-6+. The molecule has 0 fully saturated rings. The van der Waals surface area contributed by atoms with Crippen molar-refractivity contribution < 1.29 is 14.3 Å². The molecule has 0 spiro atoms. The number of hydrogen-bond acceptors (Lipinski definition) is 3. The van der Waals surface area contributed by atoms with Crippen LogP contribution in [0.5, 0.6) is 5.75 Å². The van der Waals surface area contributed by atoms with Gasteiger partial charge in [0.25, 0.3) is 0 Å². The molecule has 3 nitrogen and oxygen atoms in total. The first kappa shape index (κ1) is 12.3. The lowest BCUT2D eigenvalue weighted by molar-refractivity contribution is -0.134. The van der Waals surface area contributed by atoms with Gasteiger partial charge in [-0.25, -0.2) is 4.79 Å². The van der Waals surface area contributed by atoms with E-state index in [-0.39, 0.29) is 5.97 Å². The van der Waals surface area contributed by atoms with Crippen molar-refractivity contribution in [2.75, 3.05) is 13.7 Å². The van der Waals surface area contributed by atoms with Crippen LogP contribution < -0.4 is 4.74 Å². The highest BCUT2D eigenvalue weighted by molar-refractivity contribution is 5.86. The molecule has 0 radical (unpaired) electrons. The molecule has 86 valence electrons. The highest BCUT2D eigenvalue weighted by atomic mass is 16.5. The molecular formula is C13H16O3. The fraction of sp³-hybridized carbons (Fsp3) is 0.308. The van der Waals surface area contributed by atoms with Gasteiger partial charge in [0, 0.05) is 6.08 Å². The van der Waals surface area contributed by atoms with Gasteiger partial charge < -0.3 is 9.47 Å². The molecule has 1 aromatic rings. The number of aryl methyl sites for hydroxylation is 1. The summed E-state index contributed by atoms with van der Waals surface area (Å²) in [4.78, 5) is 10.9. The monoisotopic (exact) mass is 220 g/mol. The molecule has 0 aliphatic carbocycles. The summed E-state index contributed by atoms with van der Waals surface area (Å²) in [5.41, 5.74) is 2.00. The smallest absolute Gasteiger partial charge is 0.330 e. The zero-order chi connectivity index (χ0) is 12.0. The van der Waals surface area contributed by atoms with E-state index in [9.17, 15) is 4.79 Å². The Morgan fingerprint density at radius 1 is 1.44 bits per heavy atom. The zero-order valence-electron chi connectivity index (χ0n) is 9.82. The first-order chi connectivity index (χ1) is 7.67. The molecule has 0 unspecified atom stereocenters. The highest BCUT2D eigenvalue weighted by Crippen LogP contribution is 2.19. The minimum Gasteiger partial charge on any atom is -0.494 e. The Balaban J connectivity index is 2.81. The Morgan fingerprint density at radius 3 is 2.75 bits per heavy atom. The minimum absolute atomic E-state index is 0.355. The maximum atomic E-state index is 10.9. The van der Waals surface area contributed by atoms with E-state index < -0.39 is 0 Å². The number of carbonyl (C=O) groups is 1. The first-order valence-electron chi connectivity index (χ1n) is 5.17. The molecule has 0 heterocycles. The van der Waals surface area contributed by atoms with E-state index in [4.69, 9.17) is 4.74 Å². The van der Waals surface area contributed by atoms with Gasteiger partial charge >= 0.3 is 5.97 Å². The molecule has 0 aliphatic heterocycles. The Kier molecular flexibility index (Phi) is 4.58. The molecule has 0 aliphatic rings. The number of hydrogen-bond donors (Lipinski definition) is 0. The van der Waals surface area contributed by atoms with Crippen LogP contribution in [0.25, 0.3) is 6.08 Å². The molecule has 1 rings (SSSR count). The van der Waals surface area contributed by atoms with Gasteiger partial charge in [-0.1, -0.05) is 6.07 Å². The van der Waals surface area contributed by atoms with E-state index in [1.54, 1.807) is 6.08 Å².